The molecule has 0 spiro atoms. The smallest absolute Gasteiger partial charge is 0.260 e. The van der Waals surface area contributed by atoms with E-state index in [0.29, 0.717) is 19.1 Å². The van der Waals surface area contributed by atoms with E-state index in [-0.39, 0.29) is 12.5 Å². The Hall–Kier alpha value is -2.41. The van der Waals surface area contributed by atoms with E-state index in [2.05, 4.69) is 26.7 Å². The number of aromatic nitrogens is 3. The van der Waals surface area contributed by atoms with Gasteiger partial charge in [0.1, 0.15) is 17.4 Å². The minimum atomic E-state index is 0.0205. The maximum absolute atomic E-state index is 12.5. The third kappa shape index (κ3) is 3.44. The van der Waals surface area contributed by atoms with Gasteiger partial charge in [-0.2, -0.15) is 0 Å². The van der Waals surface area contributed by atoms with Crippen LogP contribution in [0.1, 0.15) is 30.5 Å². The first-order chi connectivity index (χ1) is 12.7. The van der Waals surface area contributed by atoms with Gasteiger partial charge in [-0.3, -0.25) is 9.69 Å². The molecule has 2 aliphatic rings. The predicted octanol–water partition coefficient (Wildman–Crippen LogP) is 1.51. The Labute approximate surface area is 153 Å². The number of para-hydroxylation sites is 1. The van der Waals surface area contributed by atoms with Crippen LogP contribution in [0.25, 0.3) is 0 Å². The van der Waals surface area contributed by atoms with Gasteiger partial charge in [-0.05, 0) is 38.6 Å². The van der Waals surface area contributed by atoms with Gasteiger partial charge in [0.25, 0.3) is 5.91 Å². The Bertz CT molecular complexity index is 761. The molecule has 26 heavy (non-hydrogen) atoms. The molecule has 2 aromatic rings. The van der Waals surface area contributed by atoms with Crippen molar-refractivity contribution in [2.45, 2.75) is 31.8 Å². The molecule has 0 radical (unpaired) electrons. The Morgan fingerprint density at radius 2 is 2.00 bits per heavy atom. The summed E-state index contributed by atoms with van der Waals surface area (Å²) in [4.78, 5) is 16.8. The minimum absolute atomic E-state index is 0.0205. The number of fused-ring (bicyclic) bond motifs is 1. The van der Waals surface area contributed by atoms with Crippen LogP contribution in [-0.4, -0.2) is 63.8 Å². The molecule has 1 amide bonds. The molecule has 1 fully saturated rings. The molecule has 1 aromatic heterocycles. The molecule has 0 aliphatic carbocycles. The third-order valence-electron chi connectivity index (χ3n) is 5.33. The molecule has 1 saturated heterocycles. The summed E-state index contributed by atoms with van der Waals surface area (Å²) in [6.07, 6.45) is 3.06. The summed E-state index contributed by atoms with van der Waals surface area (Å²) in [5.74, 6) is 2.78. The topological polar surface area (TPSA) is 63.5 Å². The average molecular weight is 355 g/mol. The number of rotatable bonds is 4. The van der Waals surface area contributed by atoms with E-state index in [1.165, 1.54) is 6.42 Å². The zero-order valence-electron chi connectivity index (χ0n) is 15.2. The molecule has 7 nitrogen and oxygen atoms in total. The fourth-order valence-electron chi connectivity index (χ4n) is 3.83. The summed E-state index contributed by atoms with van der Waals surface area (Å²) in [6.45, 7) is 3.26. The highest BCUT2D eigenvalue weighted by molar-refractivity contribution is 5.77. The SMILES string of the molecule is CN1CCC[C@H]1c1nnc2n1CCN(C(=O)COc1ccccc1)CC2. The molecule has 3 heterocycles. The lowest BCUT2D eigenvalue weighted by Crippen LogP contribution is -2.37. The standard InChI is InChI=1S/C19H25N5O2/c1-22-10-5-8-16(22)19-21-20-17-9-11-23(12-13-24(17)19)18(25)14-26-15-6-3-2-4-7-15/h2-4,6-7,16H,5,8-14H2,1H3/t16-/m0/s1. The van der Waals surface area contributed by atoms with Crippen molar-refractivity contribution in [3.8, 4) is 5.75 Å². The first kappa shape index (κ1) is 17.0. The van der Waals surface area contributed by atoms with E-state index in [0.717, 1.165) is 43.3 Å². The average Bonchev–Trinajstić information content (AvgIpc) is 3.20. The van der Waals surface area contributed by atoms with Crippen LogP contribution >= 0.6 is 0 Å². The fraction of sp³-hybridized carbons (Fsp3) is 0.526. The number of likely N-dealkylation sites (tertiary alicyclic amines) is 1. The number of ether oxygens (including phenoxy) is 1. The van der Waals surface area contributed by atoms with Crippen molar-refractivity contribution >= 4 is 5.91 Å². The van der Waals surface area contributed by atoms with Gasteiger partial charge in [0.05, 0.1) is 6.04 Å². The van der Waals surface area contributed by atoms with Crippen LogP contribution in [0.5, 0.6) is 5.75 Å². The van der Waals surface area contributed by atoms with Gasteiger partial charge in [0, 0.05) is 26.1 Å². The van der Waals surface area contributed by atoms with Crippen LogP contribution in [0.3, 0.4) is 0 Å². The van der Waals surface area contributed by atoms with E-state index >= 15 is 0 Å². The molecule has 0 saturated carbocycles. The van der Waals surface area contributed by atoms with Gasteiger partial charge in [0.2, 0.25) is 0 Å². The second-order valence-electron chi connectivity index (χ2n) is 7.00. The maximum atomic E-state index is 12.5. The highest BCUT2D eigenvalue weighted by Crippen LogP contribution is 2.30. The Morgan fingerprint density at radius 3 is 2.77 bits per heavy atom. The largest absolute Gasteiger partial charge is 0.484 e. The molecule has 1 atom stereocenters. The molecule has 7 heteroatoms. The van der Waals surface area contributed by atoms with Gasteiger partial charge in [-0.15, -0.1) is 10.2 Å². The number of nitrogens with zero attached hydrogens (tertiary/aromatic N) is 5. The lowest BCUT2D eigenvalue weighted by atomic mass is 10.2. The number of amides is 1. The van der Waals surface area contributed by atoms with E-state index in [1.54, 1.807) is 0 Å². The summed E-state index contributed by atoms with van der Waals surface area (Å²) in [7, 11) is 2.15. The molecular formula is C19H25N5O2. The van der Waals surface area contributed by atoms with Gasteiger partial charge in [-0.1, -0.05) is 18.2 Å². The second kappa shape index (κ2) is 7.45. The van der Waals surface area contributed by atoms with Crippen LogP contribution in [0.15, 0.2) is 30.3 Å². The van der Waals surface area contributed by atoms with Crippen molar-refractivity contribution in [1.82, 2.24) is 24.6 Å². The van der Waals surface area contributed by atoms with E-state index in [9.17, 15) is 4.79 Å². The summed E-state index contributed by atoms with van der Waals surface area (Å²) < 4.78 is 7.83. The molecule has 0 N–H and O–H groups in total. The zero-order chi connectivity index (χ0) is 17.9. The lowest BCUT2D eigenvalue weighted by molar-refractivity contribution is -0.133. The number of carbonyl (C=O) groups is 1. The number of carbonyl (C=O) groups excluding carboxylic acids is 1. The van der Waals surface area contributed by atoms with E-state index in [1.807, 2.05) is 35.2 Å². The Kier molecular flexibility index (Phi) is 4.88. The second-order valence-corrected chi connectivity index (χ2v) is 7.00. The van der Waals surface area contributed by atoms with Crippen molar-refractivity contribution in [2.75, 3.05) is 33.3 Å². The predicted molar refractivity (Wildman–Crippen MR) is 96.8 cm³/mol. The Balaban J connectivity index is 1.39. The quantitative estimate of drug-likeness (QED) is 0.832. The van der Waals surface area contributed by atoms with Crippen molar-refractivity contribution < 1.29 is 9.53 Å². The van der Waals surface area contributed by atoms with Crippen LogP contribution in [0.4, 0.5) is 0 Å². The molecule has 0 bridgehead atoms. The molecular weight excluding hydrogens is 330 g/mol. The van der Waals surface area contributed by atoms with E-state index < -0.39 is 0 Å². The molecule has 0 unspecified atom stereocenters. The fourth-order valence-corrected chi connectivity index (χ4v) is 3.83. The van der Waals surface area contributed by atoms with Crippen molar-refractivity contribution in [3.05, 3.63) is 42.0 Å². The summed E-state index contributed by atoms with van der Waals surface area (Å²) >= 11 is 0. The number of hydrogen-bond donors (Lipinski definition) is 0. The lowest BCUT2D eigenvalue weighted by Gasteiger charge is -2.22. The van der Waals surface area contributed by atoms with Crippen molar-refractivity contribution in [3.63, 3.8) is 0 Å². The van der Waals surface area contributed by atoms with Crippen LogP contribution in [-0.2, 0) is 17.8 Å². The molecule has 4 rings (SSSR count). The van der Waals surface area contributed by atoms with Gasteiger partial charge < -0.3 is 14.2 Å². The first-order valence-corrected chi connectivity index (χ1v) is 9.30. The van der Waals surface area contributed by atoms with Crippen LogP contribution in [0, 0.1) is 0 Å². The molecule has 2 aliphatic heterocycles. The normalized spacial score (nSPS) is 20.7. The van der Waals surface area contributed by atoms with Crippen molar-refractivity contribution in [2.24, 2.45) is 0 Å². The number of benzene rings is 1. The minimum Gasteiger partial charge on any atom is -0.484 e. The van der Waals surface area contributed by atoms with Crippen LogP contribution < -0.4 is 4.74 Å². The first-order valence-electron chi connectivity index (χ1n) is 9.30. The highest BCUT2D eigenvalue weighted by atomic mass is 16.5. The summed E-state index contributed by atoms with van der Waals surface area (Å²) in [5, 5.41) is 8.86. The van der Waals surface area contributed by atoms with E-state index in [4.69, 9.17) is 4.74 Å². The maximum Gasteiger partial charge on any atom is 0.260 e. The monoisotopic (exact) mass is 355 g/mol. The summed E-state index contributed by atoms with van der Waals surface area (Å²) in [5.41, 5.74) is 0. The van der Waals surface area contributed by atoms with Gasteiger partial charge >= 0.3 is 0 Å². The third-order valence-corrected chi connectivity index (χ3v) is 5.33. The summed E-state index contributed by atoms with van der Waals surface area (Å²) in [6, 6.07) is 9.81. The number of hydrogen-bond acceptors (Lipinski definition) is 5. The molecule has 138 valence electrons. The zero-order valence-corrected chi connectivity index (χ0v) is 15.2. The van der Waals surface area contributed by atoms with Gasteiger partial charge in [0.15, 0.2) is 6.61 Å². The van der Waals surface area contributed by atoms with Crippen molar-refractivity contribution in [1.29, 1.82) is 0 Å². The van der Waals surface area contributed by atoms with Gasteiger partial charge in [-0.25, -0.2) is 0 Å². The Morgan fingerprint density at radius 1 is 1.15 bits per heavy atom. The van der Waals surface area contributed by atoms with Crippen LogP contribution in [0.2, 0.25) is 0 Å². The highest BCUT2D eigenvalue weighted by Gasteiger charge is 2.30. The molecule has 1 aromatic carbocycles.